The standard InChI is InChI=1S/C22H23N3O/c1-25(2)20-12-13-21(22(24-26)19-9-6-14-23-16-19)18(15-20)11-10-17-7-4-3-5-8-17/h3-9,12-16,22H,10-11H2,1-2H3. The molecule has 0 radical (unpaired) electrons. The van der Waals surface area contributed by atoms with Crippen LogP contribution in [0.1, 0.15) is 28.3 Å². The van der Waals surface area contributed by atoms with Crippen LogP contribution in [0.15, 0.2) is 78.2 Å². The van der Waals surface area contributed by atoms with Crippen LogP contribution in [0.5, 0.6) is 0 Å². The first kappa shape index (κ1) is 17.8. The first-order valence-electron chi connectivity index (χ1n) is 8.75. The van der Waals surface area contributed by atoms with Crippen LogP contribution in [0.3, 0.4) is 0 Å². The Morgan fingerprint density at radius 1 is 1.00 bits per heavy atom. The average molecular weight is 345 g/mol. The second-order valence-electron chi connectivity index (χ2n) is 6.56. The Balaban J connectivity index is 1.96. The topological polar surface area (TPSA) is 45.6 Å². The largest absolute Gasteiger partial charge is 0.378 e. The van der Waals surface area contributed by atoms with Gasteiger partial charge in [0.1, 0.15) is 6.04 Å². The minimum absolute atomic E-state index is 0.536. The van der Waals surface area contributed by atoms with Crippen molar-refractivity contribution >= 4 is 5.69 Å². The van der Waals surface area contributed by atoms with E-state index in [1.807, 2.05) is 44.4 Å². The van der Waals surface area contributed by atoms with Gasteiger partial charge in [-0.3, -0.25) is 4.98 Å². The van der Waals surface area contributed by atoms with Gasteiger partial charge < -0.3 is 4.90 Å². The lowest BCUT2D eigenvalue weighted by molar-refractivity contribution is 0.822. The van der Waals surface area contributed by atoms with Gasteiger partial charge in [-0.15, -0.1) is 4.91 Å². The molecule has 0 saturated heterocycles. The lowest BCUT2D eigenvalue weighted by Crippen LogP contribution is -2.11. The fourth-order valence-corrected chi connectivity index (χ4v) is 3.11. The van der Waals surface area contributed by atoms with E-state index in [-0.39, 0.29) is 0 Å². The van der Waals surface area contributed by atoms with Gasteiger partial charge in [0, 0.05) is 37.7 Å². The van der Waals surface area contributed by atoms with Crippen LogP contribution in [-0.2, 0) is 12.8 Å². The zero-order valence-electron chi connectivity index (χ0n) is 15.2. The van der Waals surface area contributed by atoms with Gasteiger partial charge >= 0.3 is 0 Å². The number of hydrogen-bond donors (Lipinski definition) is 0. The summed E-state index contributed by atoms with van der Waals surface area (Å²) in [6, 6.07) is 19.8. The third kappa shape index (κ3) is 4.14. The number of benzene rings is 2. The second kappa shape index (κ2) is 8.39. The van der Waals surface area contributed by atoms with E-state index in [1.54, 1.807) is 12.4 Å². The fraction of sp³-hybridized carbons (Fsp3) is 0.227. The number of aromatic nitrogens is 1. The molecule has 0 aliphatic heterocycles. The fourth-order valence-electron chi connectivity index (χ4n) is 3.11. The molecule has 0 spiro atoms. The van der Waals surface area contributed by atoms with E-state index in [0.29, 0.717) is 0 Å². The molecular weight excluding hydrogens is 322 g/mol. The van der Waals surface area contributed by atoms with Gasteiger partial charge in [-0.05, 0) is 47.7 Å². The molecule has 0 bridgehead atoms. The van der Waals surface area contributed by atoms with Gasteiger partial charge in [-0.25, -0.2) is 0 Å². The lowest BCUT2D eigenvalue weighted by Gasteiger charge is -2.19. The molecule has 2 aromatic carbocycles. The predicted molar refractivity (Wildman–Crippen MR) is 106 cm³/mol. The Kier molecular flexibility index (Phi) is 5.74. The average Bonchev–Trinajstić information content (AvgIpc) is 2.69. The third-order valence-corrected chi connectivity index (χ3v) is 4.57. The summed E-state index contributed by atoms with van der Waals surface area (Å²) in [5.41, 5.74) is 5.32. The number of rotatable bonds is 7. The van der Waals surface area contributed by atoms with Crippen molar-refractivity contribution in [2.75, 3.05) is 19.0 Å². The van der Waals surface area contributed by atoms with E-state index in [4.69, 9.17) is 0 Å². The van der Waals surface area contributed by atoms with Crippen LogP contribution < -0.4 is 4.90 Å². The van der Waals surface area contributed by atoms with E-state index < -0.39 is 6.04 Å². The van der Waals surface area contributed by atoms with Crippen LogP contribution in [0.4, 0.5) is 5.69 Å². The van der Waals surface area contributed by atoms with Gasteiger partial charge in [0.15, 0.2) is 0 Å². The predicted octanol–water partition coefficient (Wildman–Crippen LogP) is 4.79. The maximum atomic E-state index is 11.7. The lowest BCUT2D eigenvalue weighted by atomic mass is 9.92. The molecule has 1 heterocycles. The highest BCUT2D eigenvalue weighted by molar-refractivity contribution is 5.52. The van der Waals surface area contributed by atoms with Gasteiger partial charge in [-0.2, -0.15) is 0 Å². The van der Waals surface area contributed by atoms with Crippen LogP contribution in [-0.4, -0.2) is 19.1 Å². The highest BCUT2D eigenvalue weighted by atomic mass is 16.3. The summed E-state index contributed by atoms with van der Waals surface area (Å²) >= 11 is 0. The summed E-state index contributed by atoms with van der Waals surface area (Å²) in [6.07, 6.45) is 5.19. The van der Waals surface area contributed by atoms with Crippen molar-refractivity contribution in [3.05, 3.63) is 100 Å². The molecule has 4 heteroatoms. The summed E-state index contributed by atoms with van der Waals surface area (Å²) in [7, 11) is 4.04. The van der Waals surface area contributed by atoms with Gasteiger partial charge in [0.2, 0.25) is 0 Å². The van der Waals surface area contributed by atoms with Crippen molar-refractivity contribution in [1.29, 1.82) is 0 Å². The van der Waals surface area contributed by atoms with E-state index >= 15 is 0 Å². The minimum atomic E-state index is -0.536. The van der Waals surface area contributed by atoms with Crippen molar-refractivity contribution in [3.8, 4) is 0 Å². The highest BCUT2D eigenvalue weighted by Gasteiger charge is 2.19. The number of hydrogen-bond acceptors (Lipinski definition) is 4. The van der Waals surface area contributed by atoms with Crippen LogP contribution in [0, 0.1) is 4.91 Å². The van der Waals surface area contributed by atoms with Crippen molar-refractivity contribution in [2.24, 2.45) is 5.18 Å². The molecule has 0 N–H and O–H groups in total. The number of anilines is 1. The number of pyridine rings is 1. The molecule has 0 amide bonds. The molecule has 3 rings (SSSR count). The maximum absolute atomic E-state index is 11.7. The molecule has 0 fully saturated rings. The SMILES string of the molecule is CN(C)c1ccc(C(N=O)c2cccnc2)c(CCc2ccccc2)c1. The van der Waals surface area contributed by atoms with Crippen LogP contribution in [0.25, 0.3) is 0 Å². The molecule has 0 aliphatic rings. The van der Waals surface area contributed by atoms with Crippen LogP contribution in [0.2, 0.25) is 0 Å². The smallest absolute Gasteiger partial charge is 0.144 e. The molecule has 1 unspecified atom stereocenters. The van der Waals surface area contributed by atoms with Gasteiger partial charge in [-0.1, -0.05) is 47.6 Å². The monoisotopic (exact) mass is 345 g/mol. The van der Waals surface area contributed by atoms with Crippen LogP contribution >= 0.6 is 0 Å². The minimum Gasteiger partial charge on any atom is -0.378 e. The zero-order valence-corrected chi connectivity index (χ0v) is 15.2. The van der Waals surface area contributed by atoms with E-state index in [2.05, 4.69) is 45.4 Å². The Morgan fingerprint density at radius 2 is 1.81 bits per heavy atom. The number of aryl methyl sites for hydroxylation is 2. The van der Waals surface area contributed by atoms with E-state index in [1.165, 1.54) is 5.56 Å². The number of nitroso groups, excluding NO2 is 1. The molecule has 0 aliphatic carbocycles. The van der Waals surface area contributed by atoms with Crippen molar-refractivity contribution < 1.29 is 0 Å². The zero-order chi connectivity index (χ0) is 18.4. The summed E-state index contributed by atoms with van der Waals surface area (Å²) in [4.78, 5) is 17.9. The van der Waals surface area contributed by atoms with Crippen molar-refractivity contribution in [1.82, 2.24) is 4.98 Å². The normalized spacial score (nSPS) is 11.8. The van der Waals surface area contributed by atoms with E-state index in [0.717, 1.165) is 35.2 Å². The maximum Gasteiger partial charge on any atom is 0.144 e. The quantitative estimate of drug-likeness (QED) is 0.578. The van der Waals surface area contributed by atoms with Crippen molar-refractivity contribution in [2.45, 2.75) is 18.9 Å². The number of nitrogens with zero attached hydrogens (tertiary/aromatic N) is 3. The molecule has 0 saturated carbocycles. The summed E-state index contributed by atoms with van der Waals surface area (Å²) in [5.74, 6) is 0. The first-order valence-corrected chi connectivity index (χ1v) is 8.75. The Bertz CT molecular complexity index is 848. The molecule has 3 aromatic rings. The van der Waals surface area contributed by atoms with Gasteiger partial charge in [0.05, 0.1) is 0 Å². The Labute approximate surface area is 154 Å². The molecule has 1 aromatic heterocycles. The summed E-state index contributed by atoms with van der Waals surface area (Å²) in [6.45, 7) is 0. The second-order valence-corrected chi connectivity index (χ2v) is 6.56. The molecule has 26 heavy (non-hydrogen) atoms. The molecule has 4 nitrogen and oxygen atoms in total. The molecule has 132 valence electrons. The van der Waals surface area contributed by atoms with E-state index in [9.17, 15) is 4.91 Å². The first-order chi connectivity index (χ1) is 12.7. The molecular formula is C22H23N3O. The Hall–Kier alpha value is -3.01. The van der Waals surface area contributed by atoms with Crippen molar-refractivity contribution in [3.63, 3.8) is 0 Å². The summed E-state index contributed by atoms with van der Waals surface area (Å²) in [5, 5.41) is 3.42. The highest BCUT2D eigenvalue weighted by Crippen LogP contribution is 2.31. The molecule has 1 atom stereocenters. The summed E-state index contributed by atoms with van der Waals surface area (Å²) < 4.78 is 0. The Morgan fingerprint density at radius 3 is 2.46 bits per heavy atom. The third-order valence-electron chi connectivity index (χ3n) is 4.57. The van der Waals surface area contributed by atoms with Gasteiger partial charge in [0.25, 0.3) is 0 Å².